The van der Waals surface area contributed by atoms with Crippen LogP contribution in [0.15, 0.2) is 41.0 Å². The van der Waals surface area contributed by atoms with Crippen LogP contribution in [-0.4, -0.2) is 84.3 Å². The first kappa shape index (κ1) is 30.5. The number of nitrogens with zero attached hydrogens (tertiary/aromatic N) is 5. The van der Waals surface area contributed by atoms with Crippen molar-refractivity contribution < 1.29 is 14.2 Å². The maximum Gasteiger partial charge on any atom is 0.229 e. The maximum atomic E-state index is 14.0. The molecule has 0 unspecified atom stereocenters. The number of rotatable bonds is 8. The van der Waals surface area contributed by atoms with Crippen LogP contribution in [0.2, 0.25) is 0 Å². The summed E-state index contributed by atoms with van der Waals surface area (Å²) in [5.74, 6) is 1.12. The molecule has 0 saturated carbocycles. The molecule has 3 heterocycles. The number of ether oxygens (including phenoxy) is 1. The molecule has 0 spiro atoms. The van der Waals surface area contributed by atoms with Crippen LogP contribution in [0.5, 0.6) is 5.75 Å². The standard InChI is InChI=1S/C31H41BrFN7O2/c1-20-16-26(28(42-5)18-27(20)40-10-8-22(9-11-40)39-14-12-38(4)13-15-39)36-30-34-19-24(32)29(37-30)35-25-7-6-21(33)17-23(25)31(2,3)41/h6-7,16-19,22,41H,8-15H2,1-5H3,(H2,34,35,36,37). The van der Waals surface area contributed by atoms with Gasteiger partial charge in [0, 0.05) is 74.5 Å². The number of aromatic nitrogens is 2. The van der Waals surface area contributed by atoms with Crippen molar-refractivity contribution in [2.75, 3.05) is 69.0 Å². The summed E-state index contributed by atoms with van der Waals surface area (Å²) in [5, 5.41) is 17.1. The summed E-state index contributed by atoms with van der Waals surface area (Å²) in [5.41, 5.74) is 2.80. The van der Waals surface area contributed by atoms with Gasteiger partial charge in [-0.25, -0.2) is 9.37 Å². The molecule has 42 heavy (non-hydrogen) atoms. The fourth-order valence-electron chi connectivity index (χ4n) is 5.84. The molecule has 3 aromatic rings. The van der Waals surface area contributed by atoms with Crippen LogP contribution in [0.3, 0.4) is 0 Å². The molecule has 2 saturated heterocycles. The van der Waals surface area contributed by atoms with Crippen molar-refractivity contribution in [1.82, 2.24) is 19.8 Å². The summed E-state index contributed by atoms with van der Waals surface area (Å²) < 4.78 is 20.4. The zero-order valence-corrected chi connectivity index (χ0v) is 26.6. The first-order valence-electron chi connectivity index (χ1n) is 14.5. The summed E-state index contributed by atoms with van der Waals surface area (Å²) in [6.07, 6.45) is 3.97. The van der Waals surface area contributed by atoms with Gasteiger partial charge in [0.2, 0.25) is 5.95 Å². The highest BCUT2D eigenvalue weighted by Gasteiger charge is 2.28. The lowest BCUT2D eigenvalue weighted by Gasteiger charge is -2.43. The number of piperazine rings is 1. The molecule has 5 rings (SSSR count). The Balaban J connectivity index is 1.31. The van der Waals surface area contributed by atoms with Gasteiger partial charge in [-0.2, -0.15) is 4.98 Å². The van der Waals surface area contributed by atoms with Gasteiger partial charge in [-0.3, -0.25) is 4.90 Å². The van der Waals surface area contributed by atoms with Gasteiger partial charge >= 0.3 is 0 Å². The van der Waals surface area contributed by atoms with E-state index in [0.717, 1.165) is 63.4 Å². The smallest absolute Gasteiger partial charge is 0.229 e. The molecule has 0 amide bonds. The Morgan fingerprint density at radius 2 is 1.74 bits per heavy atom. The lowest BCUT2D eigenvalue weighted by Crippen LogP contribution is -2.52. The van der Waals surface area contributed by atoms with Crippen LogP contribution in [0.1, 0.15) is 37.8 Å². The van der Waals surface area contributed by atoms with E-state index in [1.165, 1.54) is 17.8 Å². The topological polar surface area (TPSA) is 89.0 Å². The Labute approximate surface area is 256 Å². The third-order valence-corrected chi connectivity index (χ3v) is 8.84. The third kappa shape index (κ3) is 6.96. The fourth-order valence-corrected chi connectivity index (χ4v) is 6.13. The van der Waals surface area contributed by atoms with E-state index in [-0.39, 0.29) is 0 Å². The number of piperidine rings is 1. The second-order valence-corrected chi connectivity index (χ2v) is 12.6. The number of hydrogen-bond acceptors (Lipinski definition) is 9. The first-order valence-corrected chi connectivity index (χ1v) is 15.3. The van der Waals surface area contributed by atoms with Crippen LogP contribution < -0.4 is 20.3 Å². The highest BCUT2D eigenvalue weighted by molar-refractivity contribution is 9.10. The summed E-state index contributed by atoms with van der Waals surface area (Å²) in [4.78, 5) is 16.6. The van der Waals surface area contributed by atoms with E-state index in [1.54, 1.807) is 33.2 Å². The van der Waals surface area contributed by atoms with E-state index in [0.29, 0.717) is 39.3 Å². The average Bonchev–Trinajstić information content (AvgIpc) is 2.96. The third-order valence-electron chi connectivity index (χ3n) is 8.26. The highest BCUT2D eigenvalue weighted by Crippen LogP contribution is 2.37. The number of anilines is 5. The molecule has 9 nitrogen and oxygen atoms in total. The molecule has 0 bridgehead atoms. The quantitative estimate of drug-likeness (QED) is 0.290. The number of aliphatic hydroxyl groups is 1. The molecule has 0 radical (unpaired) electrons. The molecular weight excluding hydrogens is 601 g/mol. The summed E-state index contributed by atoms with van der Waals surface area (Å²) >= 11 is 3.50. The molecule has 226 valence electrons. The van der Waals surface area contributed by atoms with E-state index < -0.39 is 11.4 Å². The lowest BCUT2D eigenvalue weighted by molar-refractivity contribution is 0.0790. The van der Waals surface area contributed by atoms with Gasteiger partial charge in [-0.15, -0.1) is 0 Å². The van der Waals surface area contributed by atoms with Gasteiger partial charge in [0.1, 0.15) is 17.4 Å². The van der Waals surface area contributed by atoms with Gasteiger partial charge in [0.25, 0.3) is 0 Å². The van der Waals surface area contributed by atoms with Gasteiger partial charge in [-0.05, 0) is 86.4 Å². The van der Waals surface area contributed by atoms with Gasteiger partial charge in [0.15, 0.2) is 0 Å². The van der Waals surface area contributed by atoms with Gasteiger partial charge < -0.3 is 30.3 Å². The summed E-state index contributed by atoms with van der Waals surface area (Å²) in [6.45, 7) is 12.0. The zero-order chi connectivity index (χ0) is 30.0. The molecule has 11 heteroatoms. The first-order chi connectivity index (χ1) is 20.0. The minimum atomic E-state index is -1.25. The normalized spacial score (nSPS) is 17.4. The molecule has 2 aliphatic heterocycles. The molecule has 2 aliphatic rings. The van der Waals surface area contributed by atoms with Crippen LogP contribution in [0.4, 0.5) is 33.2 Å². The number of aryl methyl sites for hydroxylation is 1. The van der Waals surface area contributed by atoms with Crippen LogP contribution in [-0.2, 0) is 5.60 Å². The second-order valence-electron chi connectivity index (χ2n) is 11.8. The fraction of sp³-hybridized carbons (Fsp3) is 0.484. The zero-order valence-electron chi connectivity index (χ0n) is 25.0. The number of halogens is 2. The Bertz CT molecular complexity index is 1400. The van der Waals surface area contributed by atoms with E-state index in [4.69, 9.17) is 4.74 Å². The number of nitrogens with one attached hydrogen (secondary N) is 2. The number of likely N-dealkylation sites (N-methyl/N-ethyl adjacent to an activating group) is 1. The predicted molar refractivity (Wildman–Crippen MR) is 170 cm³/mol. The molecular formula is C31H41BrFN7O2. The van der Waals surface area contributed by atoms with Crippen molar-refractivity contribution in [1.29, 1.82) is 0 Å². The summed E-state index contributed by atoms with van der Waals surface area (Å²) in [6, 6.07) is 9.08. The molecule has 2 fully saturated rings. The van der Waals surface area contributed by atoms with E-state index in [9.17, 15) is 9.50 Å². The Morgan fingerprint density at radius 1 is 1.02 bits per heavy atom. The number of hydrogen-bond donors (Lipinski definition) is 3. The van der Waals surface area contributed by atoms with Crippen LogP contribution >= 0.6 is 15.9 Å². The Morgan fingerprint density at radius 3 is 2.40 bits per heavy atom. The highest BCUT2D eigenvalue weighted by atomic mass is 79.9. The SMILES string of the molecule is COc1cc(N2CCC(N3CCN(C)CC3)CC2)c(C)cc1Nc1ncc(Br)c(Nc2ccc(F)cc2C(C)(C)O)n1. The number of benzene rings is 2. The van der Waals surface area contributed by atoms with Crippen LogP contribution in [0.25, 0.3) is 0 Å². The molecule has 2 aromatic carbocycles. The molecule has 3 N–H and O–H groups in total. The van der Waals surface area contributed by atoms with Gasteiger partial charge in [0.05, 0.1) is 22.9 Å². The average molecular weight is 643 g/mol. The van der Waals surface area contributed by atoms with Crippen molar-refractivity contribution in [3.05, 3.63) is 57.9 Å². The molecule has 0 aliphatic carbocycles. The Kier molecular flexibility index (Phi) is 9.22. The van der Waals surface area contributed by atoms with Crippen molar-refractivity contribution in [3.63, 3.8) is 0 Å². The van der Waals surface area contributed by atoms with Crippen molar-refractivity contribution in [3.8, 4) is 5.75 Å². The minimum Gasteiger partial charge on any atom is -0.494 e. The van der Waals surface area contributed by atoms with Crippen molar-refractivity contribution in [2.24, 2.45) is 0 Å². The largest absolute Gasteiger partial charge is 0.494 e. The van der Waals surface area contributed by atoms with Crippen molar-refractivity contribution in [2.45, 2.75) is 45.3 Å². The summed E-state index contributed by atoms with van der Waals surface area (Å²) in [7, 11) is 3.87. The van der Waals surface area contributed by atoms with E-state index >= 15 is 0 Å². The van der Waals surface area contributed by atoms with Gasteiger partial charge in [-0.1, -0.05) is 0 Å². The van der Waals surface area contributed by atoms with E-state index in [2.05, 4.69) is 77.3 Å². The number of methoxy groups -OCH3 is 1. The predicted octanol–water partition coefficient (Wildman–Crippen LogP) is 5.63. The second kappa shape index (κ2) is 12.7. The Hall–Kier alpha value is -2.99. The molecule has 0 atom stereocenters. The van der Waals surface area contributed by atoms with E-state index in [1.807, 2.05) is 0 Å². The lowest BCUT2D eigenvalue weighted by atomic mass is 9.96. The maximum absolute atomic E-state index is 14.0. The minimum absolute atomic E-state index is 0.367. The van der Waals surface area contributed by atoms with Crippen molar-refractivity contribution >= 4 is 44.8 Å². The molecule has 1 aromatic heterocycles. The monoisotopic (exact) mass is 641 g/mol. The van der Waals surface area contributed by atoms with Crippen LogP contribution in [0, 0.1) is 12.7 Å².